The predicted molar refractivity (Wildman–Crippen MR) is 97.7 cm³/mol. The van der Waals surface area contributed by atoms with Crippen LogP contribution in [0.1, 0.15) is 30.6 Å². The second-order valence-electron chi connectivity index (χ2n) is 6.59. The number of carbonyl (C=O) groups excluding carboxylic acids is 1. The zero-order chi connectivity index (χ0) is 18.2. The fraction of sp³-hybridized carbons (Fsp3) is 0.381. The Morgan fingerprint density at radius 1 is 1.27 bits per heavy atom. The molecule has 0 spiro atoms. The third-order valence-corrected chi connectivity index (χ3v) is 4.69. The molecule has 1 aliphatic heterocycles. The van der Waals surface area contributed by atoms with E-state index in [0.29, 0.717) is 24.9 Å². The van der Waals surface area contributed by atoms with Gasteiger partial charge in [0.25, 0.3) is 0 Å². The number of furan rings is 1. The molecule has 0 bridgehead atoms. The van der Waals surface area contributed by atoms with E-state index in [4.69, 9.17) is 9.15 Å². The average Bonchev–Trinajstić information content (AvgIpc) is 3.17. The second kappa shape index (κ2) is 9.34. The van der Waals surface area contributed by atoms with E-state index in [1.54, 1.807) is 30.5 Å². The first-order valence-electron chi connectivity index (χ1n) is 9.03. The van der Waals surface area contributed by atoms with Gasteiger partial charge in [0.05, 0.1) is 12.9 Å². The van der Waals surface area contributed by atoms with Crippen LogP contribution in [-0.4, -0.2) is 30.5 Å². The number of likely N-dealkylation sites (tertiary alicyclic amines) is 1. The Kier molecular flexibility index (Phi) is 6.61. The van der Waals surface area contributed by atoms with Crippen molar-refractivity contribution in [3.05, 3.63) is 65.9 Å². The van der Waals surface area contributed by atoms with Crippen molar-refractivity contribution in [2.75, 3.05) is 19.7 Å². The number of rotatable bonds is 7. The molecule has 1 aliphatic rings. The molecule has 0 unspecified atom stereocenters. The molecule has 138 valence electrons. The summed E-state index contributed by atoms with van der Waals surface area (Å²) >= 11 is 0. The largest absolute Gasteiger partial charge is 0.465 e. The molecule has 1 aromatic carbocycles. The van der Waals surface area contributed by atoms with Crippen molar-refractivity contribution in [3.8, 4) is 0 Å². The van der Waals surface area contributed by atoms with Crippen LogP contribution >= 0.6 is 0 Å². The Balaban J connectivity index is 1.33. The summed E-state index contributed by atoms with van der Waals surface area (Å²) in [5.74, 6) is 1.05. The fourth-order valence-corrected chi connectivity index (χ4v) is 3.15. The van der Waals surface area contributed by atoms with E-state index in [9.17, 15) is 9.18 Å². The van der Waals surface area contributed by atoms with Crippen molar-refractivity contribution >= 4 is 12.0 Å². The van der Waals surface area contributed by atoms with E-state index in [2.05, 4.69) is 0 Å². The van der Waals surface area contributed by atoms with Crippen LogP contribution in [-0.2, 0) is 16.1 Å². The number of benzene rings is 1. The van der Waals surface area contributed by atoms with Gasteiger partial charge in [-0.15, -0.1) is 0 Å². The molecule has 1 saturated heterocycles. The van der Waals surface area contributed by atoms with Crippen LogP contribution in [0.2, 0.25) is 0 Å². The molecule has 2 heterocycles. The van der Waals surface area contributed by atoms with Gasteiger partial charge in [0.2, 0.25) is 5.91 Å². The van der Waals surface area contributed by atoms with Crippen LogP contribution in [0.5, 0.6) is 0 Å². The van der Waals surface area contributed by atoms with Crippen LogP contribution in [0.25, 0.3) is 6.08 Å². The molecule has 1 amide bonds. The van der Waals surface area contributed by atoms with Crippen molar-refractivity contribution < 1.29 is 18.3 Å². The van der Waals surface area contributed by atoms with E-state index >= 15 is 0 Å². The van der Waals surface area contributed by atoms with Gasteiger partial charge in [0.15, 0.2) is 0 Å². The van der Waals surface area contributed by atoms with Crippen LogP contribution in [0.3, 0.4) is 0 Å². The molecule has 3 rings (SSSR count). The van der Waals surface area contributed by atoms with Crippen LogP contribution in [0, 0.1) is 11.7 Å². The second-order valence-corrected chi connectivity index (χ2v) is 6.59. The van der Waals surface area contributed by atoms with Gasteiger partial charge in [-0.25, -0.2) is 4.39 Å². The minimum Gasteiger partial charge on any atom is -0.465 e. The highest BCUT2D eigenvalue weighted by atomic mass is 19.1. The maximum absolute atomic E-state index is 13.1. The molecule has 26 heavy (non-hydrogen) atoms. The van der Waals surface area contributed by atoms with E-state index in [-0.39, 0.29) is 11.7 Å². The Morgan fingerprint density at radius 3 is 2.85 bits per heavy atom. The van der Waals surface area contributed by atoms with Gasteiger partial charge in [0.1, 0.15) is 11.6 Å². The molecule has 0 radical (unpaired) electrons. The number of piperidine rings is 1. The Labute approximate surface area is 153 Å². The van der Waals surface area contributed by atoms with Crippen molar-refractivity contribution in [2.24, 2.45) is 5.92 Å². The van der Waals surface area contributed by atoms with E-state index in [1.807, 2.05) is 17.0 Å². The lowest BCUT2D eigenvalue weighted by molar-refractivity contribution is -0.127. The van der Waals surface area contributed by atoms with Crippen LogP contribution < -0.4 is 0 Å². The summed E-state index contributed by atoms with van der Waals surface area (Å²) in [6.07, 6.45) is 7.81. The third-order valence-electron chi connectivity index (χ3n) is 4.69. The number of hydrogen-bond acceptors (Lipinski definition) is 3. The summed E-state index contributed by atoms with van der Waals surface area (Å²) in [5.41, 5.74) is 0.855. The van der Waals surface area contributed by atoms with Gasteiger partial charge in [-0.3, -0.25) is 4.79 Å². The van der Waals surface area contributed by atoms with Crippen molar-refractivity contribution in [3.63, 3.8) is 0 Å². The predicted octanol–water partition coefficient (Wildman–Crippen LogP) is 4.28. The maximum atomic E-state index is 13.1. The topological polar surface area (TPSA) is 42.7 Å². The van der Waals surface area contributed by atoms with Gasteiger partial charge in [-0.05, 0) is 61.1 Å². The van der Waals surface area contributed by atoms with Crippen LogP contribution in [0.15, 0.2) is 53.2 Å². The molecule has 0 saturated carbocycles. The van der Waals surface area contributed by atoms with E-state index in [1.165, 1.54) is 12.1 Å². The average molecular weight is 357 g/mol. The number of hydrogen-bond donors (Lipinski definition) is 0. The molecule has 0 N–H and O–H groups in total. The highest BCUT2D eigenvalue weighted by Gasteiger charge is 2.21. The molecule has 0 aliphatic carbocycles. The minimum atomic E-state index is -0.232. The first-order chi connectivity index (χ1) is 12.7. The Hall–Kier alpha value is -2.40. The monoisotopic (exact) mass is 357 g/mol. The number of carbonyl (C=O) groups is 1. The molecule has 2 aromatic rings. The summed E-state index contributed by atoms with van der Waals surface area (Å²) in [6, 6.07) is 10.1. The van der Waals surface area contributed by atoms with Crippen molar-refractivity contribution in [2.45, 2.75) is 25.9 Å². The molecule has 4 nitrogen and oxygen atoms in total. The van der Waals surface area contributed by atoms with Gasteiger partial charge in [-0.2, -0.15) is 0 Å². The lowest BCUT2D eigenvalue weighted by Crippen LogP contribution is -2.37. The highest BCUT2D eigenvalue weighted by molar-refractivity contribution is 5.91. The van der Waals surface area contributed by atoms with E-state index < -0.39 is 0 Å². The SMILES string of the molecule is O=C(/C=C/c1ccco1)N1CCC(CCOCc2cccc(F)c2)CC1. The van der Waals surface area contributed by atoms with Gasteiger partial charge >= 0.3 is 0 Å². The molecule has 1 aromatic heterocycles. The summed E-state index contributed by atoms with van der Waals surface area (Å²) in [5, 5.41) is 0. The van der Waals surface area contributed by atoms with E-state index in [0.717, 1.165) is 37.9 Å². The van der Waals surface area contributed by atoms with Gasteiger partial charge in [-0.1, -0.05) is 12.1 Å². The van der Waals surface area contributed by atoms with Crippen LogP contribution in [0.4, 0.5) is 4.39 Å². The number of halogens is 1. The minimum absolute atomic E-state index is 0.0298. The molecule has 1 fully saturated rings. The lowest BCUT2D eigenvalue weighted by Gasteiger charge is -2.31. The zero-order valence-electron chi connectivity index (χ0n) is 14.8. The quantitative estimate of drug-likeness (QED) is 0.549. The zero-order valence-corrected chi connectivity index (χ0v) is 14.8. The summed E-state index contributed by atoms with van der Waals surface area (Å²) in [6.45, 7) is 2.64. The maximum Gasteiger partial charge on any atom is 0.246 e. The van der Waals surface area contributed by atoms with Gasteiger partial charge in [0, 0.05) is 25.8 Å². The first-order valence-corrected chi connectivity index (χ1v) is 9.03. The summed E-state index contributed by atoms with van der Waals surface area (Å²) < 4.78 is 24.0. The lowest BCUT2D eigenvalue weighted by atomic mass is 9.94. The van der Waals surface area contributed by atoms with Gasteiger partial charge < -0.3 is 14.1 Å². The molecule has 0 atom stereocenters. The molecule has 5 heteroatoms. The van der Waals surface area contributed by atoms with Crippen molar-refractivity contribution in [1.29, 1.82) is 0 Å². The van der Waals surface area contributed by atoms with Crippen molar-refractivity contribution in [1.82, 2.24) is 4.90 Å². The highest BCUT2D eigenvalue weighted by Crippen LogP contribution is 2.21. The third kappa shape index (κ3) is 5.56. The Morgan fingerprint density at radius 2 is 2.12 bits per heavy atom. The summed E-state index contributed by atoms with van der Waals surface area (Å²) in [7, 11) is 0. The molecular weight excluding hydrogens is 333 g/mol. The number of ether oxygens (including phenoxy) is 1. The normalized spacial score (nSPS) is 15.7. The Bertz CT molecular complexity index is 719. The standard InChI is InChI=1S/C21H24FNO3/c22-19-4-1-3-18(15-19)16-25-14-10-17-8-11-23(12-9-17)21(24)7-6-20-5-2-13-26-20/h1-7,13,15,17H,8-12,14,16H2/b7-6+. The molecular formula is C21H24FNO3. The first kappa shape index (κ1) is 18.4. The number of amides is 1. The number of nitrogens with zero attached hydrogens (tertiary/aromatic N) is 1. The smallest absolute Gasteiger partial charge is 0.246 e. The fourth-order valence-electron chi connectivity index (χ4n) is 3.15. The summed E-state index contributed by atoms with van der Waals surface area (Å²) in [4.78, 5) is 14.1.